The lowest BCUT2D eigenvalue weighted by Gasteiger charge is -2.39. The van der Waals surface area contributed by atoms with Gasteiger partial charge in [-0.05, 0) is 48.9 Å². The molecule has 0 atom stereocenters. The van der Waals surface area contributed by atoms with E-state index in [0.717, 1.165) is 46.9 Å². The third-order valence-electron chi connectivity index (χ3n) is 4.94. The monoisotopic (exact) mass is 432 g/mol. The normalized spacial score (nSPS) is 16.7. The van der Waals surface area contributed by atoms with Gasteiger partial charge in [-0.1, -0.05) is 34.1 Å². The molecule has 6 heteroatoms. The molecule has 0 unspecified atom stereocenters. The molecule has 4 rings (SSSR count). The van der Waals surface area contributed by atoms with Crippen LogP contribution in [-0.2, 0) is 16.8 Å². The van der Waals surface area contributed by atoms with E-state index in [9.17, 15) is 0 Å². The molecule has 3 heterocycles. The molecule has 1 fully saturated rings. The lowest BCUT2D eigenvalue weighted by molar-refractivity contribution is 0.0356. The highest BCUT2D eigenvalue weighted by atomic mass is 79.9. The van der Waals surface area contributed by atoms with Crippen molar-refractivity contribution < 1.29 is 9.15 Å². The number of halogens is 1. The fourth-order valence-electron chi connectivity index (χ4n) is 3.42. The molecule has 136 valence electrons. The van der Waals surface area contributed by atoms with Crippen molar-refractivity contribution >= 4 is 27.3 Å². The van der Waals surface area contributed by atoms with Crippen molar-refractivity contribution in [3.8, 4) is 10.8 Å². The molecule has 1 aromatic carbocycles. The van der Waals surface area contributed by atoms with Crippen molar-refractivity contribution in [2.75, 3.05) is 13.2 Å². The largest absolute Gasteiger partial charge is 0.440 e. The third-order valence-corrected chi connectivity index (χ3v) is 6.29. The Labute approximate surface area is 165 Å². The summed E-state index contributed by atoms with van der Waals surface area (Å²) in [5, 5.41) is 5.81. The Hall–Kier alpha value is -1.47. The van der Waals surface area contributed by atoms with Crippen LogP contribution >= 0.6 is 27.3 Å². The molecular formula is C20H21BrN2O2S. The number of rotatable bonds is 5. The van der Waals surface area contributed by atoms with Gasteiger partial charge in [-0.2, -0.15) is 0 Å². The molecule has 0 aliphatic carbocycles. The van der Waals surface area contributed by atoms with Crippen LogP contribution in [0.2, 0.25) is 0 Å². The average molecular weight is 433 g/mol. The van der Waals surface area contributed by atoms with Crippen LogP contribution in [0.15, 0.2) is 50.7 Å². The number of benzene rings is 1. The second kappa shape index (κ2) is 7.64. The van der Waals surface area contributed by atoms with Crippen LogP contribution in [0, 0.1) is 6.92 Å². The van der Waals surface area contributed by atoms with Gasteiger partial charge in [-0.3, -0.25) is 0 Å². The lowest BCUT2D eigenvalue weighted by atomic mass is 9.82. The Bertz CT molecular complexity index is 870. The third kappa shape index (κ3) is 3.64. The van der Waals surface area contributed by atoms with Gasteiger partial charge in [0.25, 0.3) is 0 Å². The summed E-state index contributed by atoms with van der Waals surface area (Å²) in [6.45, 7) is 4.18. The van der Waals surface area contributed by atoms with E-state index in [0.29, 0.717) is 12.4 Å². The maximum atomic E-state index is 5.88. The molecule has 0 bridgehead atoms. The smallest absolute Gasteiger partial charge is 0.236 e. The zero-order chi connectivity index (χ0) is 18.0. The minimum Gasteiger partial charge on any atom is -0.440 e. The first kappa shape index (κ1) is 17.9. The molecule has 4 nitrogen and oxygen atoms in total. The van der Waals surface area contributed by atoms with Gasteiger partial charge in [0.2, 0.25) is 5.89 Å². The summed E-state index contributed by atoms with van der Waals surface area (Å²) in [7, 11) is 0. The summed E-state index contributed by atoms with van der Waals surface area (Å²) in [6, 6.07) is 12.6. The molecule has 1 N–H and O–H groups in total. The van der Waals surface area contributed by atoms with Gasteiger partial charge in [0, 0.05) is 29.8 Å². The van der Waals surface area contributed by atoms with Gasteiger partial charge in [0.1, 0.15) is 5.76 Å². The fraction of sp³-hybridized carbons (Fsp3) is 0.350. The predicted molar refractivity (Wildman–Crippen MR) is 107 cm³/mol. The Kier molecular flexibility index (Phi) is 5.27. The highest BCUT2D eigenvalue weighted by Crippen LogP contribution is 2.34. The van der Waals surface area contributed by atoms with Crippen LogP contribution in [0.25, 0.3) is 10.8 Å². The van der Waals surface area contributed by atoms with Crippen molar-refractivity contribution in [2.45, 2.75) is 31.8 Å². The van der Waals surface area contributed by atoms with E-state index in [1.807, 2.05) is 24.4 Å². The zero-order valence-electron chi connectivity index (χ0n) is 14.6. The van der Waals surface area contributed by atoms with E-state index < -0.39 is 0 Å². The van der Waals surface area contributed by atoms with Crippen LogP contribution in [0.4, 0.5) is 0 Å². The van der Waals surface area contributed by atoms with Crippen molar-refractivity contribution in [3.05, 3.63) is 63.3 Å². The van der Waals surface area contributed by atoms with Crippen molar-refractivity contribution in [3.63, 3.8) is 0 Å². The molecular weight excluding hydrogens is 412 g/mol. The number of aromatic nitrogens is 1. The molecule has 2 aromatic heterocycles. The Balaban J connectivity index is 1.58. The van der Waals surface area contributed by atoms with E-state index >= 15 is 0 Å². The number of oxazole rings is 1. The number of nitrogens with one attached hydrogen (secondary N) is 1. The number of aryl methyl sites for hydroxylation is 1. The molecule has 3 aromatic rings. The summed E-state index contributed by atoms with van der Waals surface area (Å²) >= 11 is 5.24. The number of thiophene rings is 1. The van der Waals surface area contributed by atoms with Crippen LogP contribution in [-0.4, -0.2) is 18.2 Å². The summed E-state index contributed by atoms with van der Waals surface area (Å²) < 4.78 is 12.6. The van der Waals surface area contributed by atoms with E-state index in [4.69, 9.17) is 14.1 Å². The molecule has 0 radical (unpaired) electrons. The van der Waals surface area contributed by atoms with Crippen molar-refractivity contribution in [2.24, 2.45) is 0 Å². The lowest BCUT2D eigenvalue weighted by Crippen LogP contribution is -2.46. The fourth-order valence-corrected chi connectivity index (χ4v) is 4.47. The van der Waals surface area contributed by atoms with Gasteiger partial charge in [-0.25, -0.2) is 4.98 Å². The van der Waals surface area contributed by atoms with Gasteiger partial charge in [0.05, 0.1) is 10.6 Å². The van der Waals surface area contributed by atoms with Gasteiger partial charge >= 0.3 is 0 Å². The summed E-state index contributed by atoms with van der Waals surface area (Å²) in [4.78, 5) is 5.78. The Morgan fingerprint density at radius 2 is 2.08 bits per heavy atom. The predicted octanol–water partition coefficient (Wildman–Crippen LogP) is 5.27. The van der Waals surface area contributed by atoms with Crippen LogP contribution in [0.1, 0.15) is 29.9 Å². The number of hydrogen-bond acceptors (Lipinski definition) is 5. The van der Waals surface area contributed by atoms with E-state index in [1.165, 1.54) is 5.56 Å². The Morgan fingerprint density at radius 3 is 2.81 bits per heavy atom. The molecule has 1 aliphatic rings. The van der Waals surface area contributed by atoms with E-state index in [1.54, 1.807) is 11.3 Å². The zero-order valence-corrected chi connectivity index (χ0v) is 17.0. The van der Waals surface area contributed by atoms with Crippen molar-refractivity contribution in [1.82, 2.24) is 10.3 Å². The first-order valence-electron chi connectivity index (χ1n) is 8.75. The number of hydrogen-bond donors (Lipinski definition) is 1. The Morgan fingerprint density at radius 1 is 1.23 bits per heavy atom. The summed E-state index contributed by atoms with van der Waals surface area (Å²) in [5.74, 6) is 1.58. The van der Waals surface area contributed by atoms with Crippen LogP contribution < -0.4 is 5.32 Å². The van der Waals surface area contributed by atoms with Crippen LogP contribution in [0.5, 0.6) is 0 Å². The first-order valence-corrected chi connectivity index (χ1v) is 10.4. The molecule has 1 aliphatic heterocycles. The number of nitrogens with zero attached hydrogens (tertiary/aromatic N) is 1. The standard InChI is InChI=1S/C20H21BrN2O2S/c1-14-17(23-19(25-14)18-6-3-11-26-18)13-22-20(7-9-24-10-8-20)15-4-2-5-16(21)12-15/h2-6,11-12,22H,7-10,13H2,1H3. The van der Waals surface area contributed by atoms with E-state index in [-0.39, 0.29) is 5.54 Å². The summed E-state index contributed by atoms with van der Waals surface area (Å²) in [6.07, 6.45) is 1.89. The average Bonchev–Trinajstić information content (AvgIpc) is 3.31. The van der Waals surface area contributed by atoms with Crippen LogP contribution in [0.3, 0.4) is 0 Å². The van der Waals surface area contributed by atoms with Gasteiger partial charge in [0.15, 0.2) is 0 Å². The molecule has 0 saturated carbocycles. The first-order chi connectivity index (χ1) is 12.7. The minimum atomic E-state index is -0.101. The minimum absolute atomic E-state index is 0.101. The molecule has 0 spiro atoms. The summed E-state index contributed by atoms with van der Waals surface area (Å²) in [5.41, 5.74) is 2.15. The SMILES string of the molecule is Cc1oc(-c2cccs2)nc1CNC1(c2cccc(Br)c2)CCOCC1. The van der Waals surface area contributed by atoms with Gasteiger partial charge in [-0.15, -0.1) is 11.3 Å². The number of ether oxygens (including phenoxy) is 1. The second-order valence-electron chi connectivity index (χ2n) is 6.56. The second-order valence-corrected chi connectivity index (χ2v) is 8.42. The molecule has 1 saturated heterocycles. The highest BCUT2D eigenvalue weighted by molar-refractivity contribution is 9.10. The molecule has 0 amide bonds. The van der Waals surface area contributed by atoms with E-state index in [2.05, 4.69) is 45.5 Å². The maximum absolute atomic E-state index is 5.88. The van der Waals surface area contributed by atoms with Gasteiger partial charge < -0.3 is 14.5 Å². The highest BCUT2D eigenvalue weighted by Gasteiger charge is 2.34. The quantitative estimate of drug-likeness (QED) is 0.596. The maximum Gasteiger partial charge on any atom is 0.236 e. The van der Waals surface area contributed by atoms with Crippen molar-refractivity contribution in [1.29, 1.82) is 0 Å². The topological polar surface area (TPSA) is 47.3 Å². The molecule has 26 heavy (non-hydrogen) atoms.